The molecule has 9 heteroatoms. The number of aromatic nitrogens is 2. The summed E-state index contributed by atoms with van der Waals surface area (Å²) in [6.45, 7) is 1.74. The molecule has 0 aliphatic carbocycles. The lowest BCUT2D eigenvalue weighted by atomic mass is 10.2. The van der Waals surface area contributed by atoms with Gasteiger partial charge in [-0.3, -0.25) is 4.79 Å². The van der Waals surface area contributed by atoms with E-state index in [0.717, 1.165) is 22.3 Å². The molecule has 2 aromatic rings. The van der Waals surface area contributed by atoms with Gasteiger partial charge >= 0.3 is 0 Å². The molecule has 1 saturated heterocycles. The van der Waals surface area contributed by atoms with Crippen molar-refractivity contribution in [3.05, 3.63) is 21.8 Å². The van der Waals surface area contributed by atoms with Crippen molar-refractivity contribution in [2.24, 2.45) is 0 Å². The fourth-order valence-electron chi connectivity index (χ4n) is 2.36. The third kappa shape index (κ3) is 5.27. The zero-order chi connectivity index (χ0) is 15.4. The van der Waals surface area contributed by atoms with E-state index in [1.54, 1.807) is 11.3 Å². The minimum atomic E-state index is 0. The van der Waals surface area contributed by atoms with Gasteiger partial charge in [-0.05, 0) is 41.4 Å². The van der Waals surface area contributed by atoms with Crippen LogP contribution in [-0.4, -0.2) is 35.2 Å². The molecule has 1 atom stereocenters. The van der Waals surface area contributed by atoms with Gasteiger partial charge in [0, 0.05) is 35.3 Å². The van der Waals surface area contributed by atoms with Gasteiger partial charge in [-0.1, -0.05) is 5.16 Å². The van der Waals surface area contributed by atoms with Crippen molar-refractivity contribution in [2.75, 3.05) is 13.1 Å². The van der Waals surface area contributed by atoms with Gasteiger partial charge in [0.15, 0.2) is 0 Å². The van der Waals surface area contributed by atoms with Gasteiger partial charge in [0.2, 0.25) is 17.6 Å². The van der Waals surface area contributed by atoms with Crippen LogP contribution in [0.15, 0.2) is 20.4 Å². The lowest BCUT2D eigenvalue weighted by Gasteiger charge is -2.10. The predicted octanol–water partition coefficient (Wildman–Crippen LogP) is 2.78. The van der Waals surface area contributed by atoms with Gasteiger partial charge in [0.05, 0.1) is 4.88 Å². The van der Waals surface area contributed by atoms with Gasteiger partial charge in [-0.25, -0.2) is 0 Å². The maximum atomic E-state index is 11.8. The van der Waals surface area contributed by atoms with Gasteiger partial charge in [0.25, 0.3) is 0 Å². The molecule has 2 N–H and O–H groups in total. The fourth-order valence-corrected chi connectivity index (χ4v) is 3.72. The lowest BCUT2D eigenvalue weighted by Crippen LogP contribution is -2.37. The first kappa shape index (κ1) is 18.4. The summed E-state index contributed by atoms with van der Waals surface area (Å²) in [5, 5.41) is 12.2. The molecular weight excluding hydrogens is 404 g/mol. The Hall–Kier alpha value is -0.960. The quantitative estimate of drug-likeness (QED) is 0.750. The first-order chi connectivity index (χ1) is 10.7. The number of hydrogen-bond donors (Lipinski definition) is 2. The number of aryl methyl sites for hydroxylation is 1. The highest BCUT2D eigenvalue weighted by molar-refractivity contribution is 9.10. The largest absolute Gasteiger partial charge is 0.355 e. The number of nitrogens with zero attached hydrogens (tertiary/aromatic N) is 2. The normalized spacial score (nSPS) is 17.0. The third-order valence-corrected chi connectivity index (χ3v) is 5.22. The van der Waals surface area contributed by atoms with Crippen LogP contribution in [0.4, 0.5) is 0 Å². The summed E-state index contributed by atoms with van der Waals surface area (Å²) in [4.78, 5) is 17.1. The second kappa shape index (κ2) is 8.77. The molecule has 6 nitrogen and oxygen atoms in total. The Morgan fingerprint density at radius 2 is 2.43 bits per heavy atom. The molecule has 0 aromatic carbocycles. The zero-order valence-electron chi connectivity index (χ0n) is 12.4. The van der Waals surface area contributed by atoms with Crippen LogP contribution in [0.2, 0.25) is 0 Å². The summed E-state index contributed by atoms with van der Waals surface area (Å²) < 4.78 is 6.19. The van der Waals surface area contributed by atoms with Crippen LogP contribution in [0.25, 0.3) is 10.7 Å². The number of rotatable bonds is 6. The number of halogens is 2. The average molecular weight is 422 g/mol. The van der Waals surface area contributed by atoms with E-state index in [2.05, 4.69) is 36.7 Å². The molecule has 0 bridgehead atoms. The molecule has 126 valence electrons. The number of carbonyl (C=O) groups excluding carboxylic acids is 1. The molecule has 1 amide bonds. The van der Waals surface area contributed by atoms with Crippen LogP contribution in [-0.2, 0) is 11.2 Å². The molecule has 0 radical (unpaired) electrons. The smallest absolute Gasteiger partial charge is 0.227 e. The minimum absolute atomic E-state index is 0. The highest BCUT2D eigenvalue weighted by atomic mass is 79.9. The fraction of sp³-hybridized carbons (Fsp3) is 0.500. The summed E-state index contributed by atoms with van der Waals surface area (Å²) >= 11 is 4.94. The monoisotopic (exact) mass is 420 g/mol. The predicted molar refractivity (Wildman–Crippen MR) is 94.9 cm³/mol. The second-order valence-corrected chi connectivity index (χ2v) is 7.07. The molecule has 1 aliphatic rings. The molecule has 1 fully saturated rings. The number of carbonyl (C=O) groups is 1. The lowest BCUT2D eigenvalue weighted by molar-refractivity contribution is -0.121. The van der Waals surface area contributed by atoms with Gasteiger partial charge in [0.1, 0.15) is 0 Å². The van der Waals surface area contributed by atoms with E-state index in [1.807, 2.05) is 11.4 Å². The van der Waals surface area contributed by atoms with E-state index >= 15 is 0 Å². The van der Waals surface area contributed by atoms with Crippen molar-refractivity contribution < 1.29 is 9.32 Å². The molecule has 2 aromatic heterocycles. The maximum absolute atomic E-state index is 11.8. The molecule has 1 unspecified atom stereocenters. The van der Waals surface area contributed by atoms with Gasteiger partial charge in [-0.2, -0.15) is 4.98 Å². The van der Waals surface area contributed by atoms with E-state index < -0.39 is 0 Å². The minimum Gasteiger partial charge on any atom is -0.355 e. The summed E-state index contributed by atoms with van der Waals surface area (Å²) in [5.41, 5.74) is 0. The number of nitrogens with one attached hydrogen (secondary N) is 2. The van der Waals surface area contributed by atoms with Crippen molar-refractivity contribution in [3.63, 3.8) is 0 Å². The van der Waals surface area contributed by atoms with E-state index in [-0.39, 0.29) is 18.3 Å². The molecule has 0 spiro atoms. The second-order valence-electron chi connectivity index (χ2n) is 5.24. The summed E-state index contributed by atoms with van der Waals surface area (Å²) in [7, 11) is 0. The summed E-state index contributed by atoms with van der Waals surface area (Å²) in [5.74, 6) is 1.09. The van der Waals surface area contributed by atoms with Crippen molar-refractivity contribution in [1.82, 2.24) is 20.8 Å². The van der Waals surface area contributed by atoms with Crippen LogP contribution in [0.3, 0.4) is 0 Å². The van der Waals surface area contributed by atoms with Crippen molar-refractivity contribution in [2.45, 2.75) is 31.7 Å². The van der Waals surface area contributed by atoms with E-state index in [4.69, 9.17) is 4.52 Å². The first-order valence-electron chi connectivity index (χ1n) is 7.28. The molecule has 0 saturated carbocycles. The third-order valence-electron chi connectivity index (χ3n) is 3.53. The summed E-state index contributed by atoms with van der Waals surface area (Å²) in [6, 6.07) is 2.36. The van der Waals surface area contributed by atoms with Crippen molar-refractivity contribution >= 4 is 45.6 Å². The molecular formula is C14H18BrClN4O2S. The van der Waals surface area contributed by atoms with Crippen LogP contribution in [0.1, 0.15) is 25.2 Å². The highest BCUT2D eigenvalue weighted by Gasteiger charge is 2.15. The van der Waals surface area contributed by atoms with Crippen molar-refractivity contribution in [1.29, 1.82) is 0 Å². The van der Waals surface area contributed by atoms with Gasteiger partial charge < -0.3 is 15.2 Å². The van der Waals surface area contributed by atoms with Crippen LogP contribution >= 0.6 is 39.7 Å². The van der Waals surface area contributed by atoms with Gasteiger partial charge in [-0.15, -0.1) is 23.7 Å². The molecule has 23 heavy (non-hydrogen) atoms. The Morgan fingerprint density at radius 3 is 3.13 bits per heavy atom. The number of thiophene rings is 1. The Balaban J connectivity index is 0.00000192. The Bertz CT molecular complexity index is 642. The molecule has 1 aliphatic heterocycles. The Kier molecular flexibility index (Phi) is 7.01. The topological polar surface area (TPSA) is 80.0 Å². The molecule has 3 heterocycles. The summed E-state index contributed by atoms with van der Waals surface area (Å²) in [6.07, 6.45) is 3.14. The van der Waals surface area contributed by atoms with Crippen LogP contribution in [0.5, 0.6) is 0 Å². The Morgan fingerprint density at radius 1 is 1.57 bits per heavy atom. The first-order valence-corrected chi connectivity index (χ1v) is 8.95. The van der Waals surface area contributed by atoms with Crippen molar-refractivity contribution in [3.8, 4) is 10.7 Å². The average Bonchev–Trinajstić information content (AvgIpc) is 3.24. The molecule has 3 rings (SSSR count). The maximum Gasteiger partial charge on any atom is 0.227 e. The van der Waals surface area contributed by atoms with E-state index in [1.165, 1.54) is 6.42 Å². The standard InChI is InChI=1S/C14H17BrN4O2S.ClH/c15-9-6-11(22-8-9)14-18-13(21-19-14)4-3-12(20)17-7-10-2-1-5-16-10;/h6,8,10,16H,1-5,7H2,(H,17,20);1H. The number of amides is 1. The Labute approximate surface area is 153 Å². The van der Waals surface area contributed by atoms with E-state index in [9.17, 15) is 4.79 Å². The van der Waals surface area contributed by atoms with Crippen LogP contribution in [0, 0.1) is 0 Å². The van der Waals surface area contributed by atoms with E-state index in [0.29, 0.717) is 37.1 Å². The zero-order valence-corrected chi connectivity index (χ0v) is 15.6. The SMILES string of the molecule is Cl.O=C(CCc1nc(-c2cc(Br)cs2)no1)NCC1CCCN1. The number of hydrogen-bond acceptors (Lipinski definition) is 6. The highest BCUT2D eigenvalue weighted by Crippen LogP contribution is 2.27. The van der Waals surface area contributed by atoms with Crippen LogP contribution < -0.4 is 10.6 Å².